The monoisotopic (exact) mass is 1080 g/mol. The van der Waals surface area contributed by atoms with E-state index in [2.05, 4.69) is 49.7 Å². The predicted octanol–water partition coefficient (Wildman–Crippen LogP) is 18.8. The van der Waals surface area contributed by atoms with E-state index in [1.807, 2.05) is 72.8 Å². The average Bonchev–Trinajstić information content (AvgIpc) is 2.12. The van der Waals surface area contributed by atoms with Gasteiger partial charge in [-0.25, -0.2) is 19.4 Å². The molecule has 0 bridgehead atoms. The molecule has 0 N–H and O–H groups in total. The van der Waals surface area contributed by atoms with Crippen molar-refractivity contribution in [1.29, 1.82) is 26.3 Å². The molecule has 0 unspecified atom stereocenters. The zero-order valence-corrected chi connectivity index (χ0v) is 43.4. The quantitative estimate of drug-likeness (QED) is 0.146. The Morgan fingerprint density at radius 1 is 0.357 bits per heavy atom. The summed E-state index contributed by atoms with van der Waals surface area (Å²) < 4.78 is 51.7. The predicted molar refractivity (Wildman–Crippen MR) is 316 cm³/mol. The van der Waals surface area contributed by atoms with E-state index in [0.717, 1.165) is 6.07 Å². The summed E-state index contributed by atoms with van der Waals surface area (Å²) in [6.07, 6.45) is -4.95. The molecule has 0 fully saturated rings. The smallest absolute Gasteiger partial charge is 0.308 e. The highest BCUT2D eigenvalue weighted by molar-refractivity contribution is 6.14. The molecule has 0 saturated heterocycles. The van der Waals surface area contributed by atoms with Crippen LogP contribution in [0.25, 0.3) is 130 Å². The molecule has 0 atom stereocenters. The Kier molecular flexibility index (Phi) is 12.5. The standard InChI is InChI=1S/C70H30F3N11/c1-79-49-15-23-52(48(29-49)39-78)44-12-20-56-57-21-13-45(53-18-10-41(36-75)26-61(53)81-3)32-65(57)84(64(56)31-44)68-28-42(37-76)27-67(69(68)59-7-5-6-8-60(59)70(71,72)73)83-63-30-43(51-17-9-40(35-74)25-47(51)38-77)11-19-55(63)58-22-14-46(33-66(58)83)54-24-16-50(80-2)34-62(54)82-4/h5-34H. The summed E-state index contributed by atoms with van der Waals surface area (Å²) >= 11 is 0. The van der Waals surface area contributed by atoms with Gasteiger partial charge in [-0.05, 0) is 123 Å². The summed E-state index contributed by atoms with van der Waals surface area (Å²) in [5, 5.41) is 54.3. The van der Waals surface area contributed by atoms with Gasteiger partial charge in [-0.3, -0.25) is 0 Å². The zero-order valence-electron chi connectivity index (χ0n) is 43.4. The van der Waals surface area contributed by atoms with Crippen LogP contribution in [0.4, 0.5) is 35.9 Å². The van der Waals surface area contributed by atoms with Crippen LogP contribution in [0.5, 0.6) is 0 Å². The molecule has 12 aromatic rings. The van der Waals surface area contributed by atoms with Crippen LogP contribution in [-0.4, -0.2) is 9.13 Å². The van der Waals surface area contributed by atoms with Gasteiger partial charge in [0.1, 0.15) is 0 Å². The Hall–Kier alpha value is -13.0. The van der Waals surface area contributed by atoms with E-state index >= 15 is 13.2 Å². The van der Waals surface area contributed by atoms with Gasteiger partial charge in [-0.1, -0.05) is 109 Å². The van der Waals surface area contributed by atoms with Crippen LogP contribution in [0.1, 0.15) is 33.4 Å². The molecule has 0 spiro atoms. The highest BCUT2D eigenvalue weighted by atomic mass is 19.4. The molecule has 10 aromatic carbocycles. The normalized spacial score (nSPS) is 10.9. The van der Waals surface area contributed by atoms with Crippen molar-refractivity contribution in [3.05, 3.63) is 261 Å². The fourth-order valence-electron chi connectivity index (χ4n) is 11.2. The highest BCUT2D eigenvalue weighted by Crippen LogP contribution is 2.49. The van der Waals surface area contributed by atoms with Crippen molar-refractivity contribution in [2.75, 3.05) is 0 Å². The SMILES string of the molecule is [C-]#[N+]c1ccc(-c2ccc3c4ccc(-c5ccc(C#N)cc5[N+]#[C-])cc4n(-c4cc(C#N)cc(-n5c6cc(-c7ccc(C#N)cc7C#N)ccc6c6ccc(-c7ccc([N+]#[C-])cc7[N+]#[C-])cc65)c4-c4ccccc4C(F)(F)F)c3c2)c(C#N)c1. The largest absolute Gasteiger partial charge is 0.417 e. The molecule has 0 saturated carbocycles. The third-order valence-electron chi connectivity index (χ3n) is 15.0. The van der Waals surface area contributed by atoms with Crippen LogP contribution in [0.2, 0.25) is 0 Å². The van der Waals surface area contributed by atoms with Crippen molar-refractivity contribution in [2.24, 2.45) is 0 Å². The third kappa shape index (κ3) is 8.48. The molecule has 0 amide bonds. The first-order valence-corrected chi connectivity index (χ1v) is 25.5. The number of hydrogen-bond acceptors (Lipinski definition) is 5. The van der Waals surface area contributed by atoms with E-state index in [1.54, 1.807) is 57.7 Å². The molecule has 12 rings (SSSR count). The van der Waals surface area contributed by atoms with Crippen molar-refractivity contribution in [2.45, 2.75) is 6.18 Å². The Labute approximate surface area is 477 Å². The lowest BCUT2D eigenvalue weighted by molar-refractivity contribution is -0.137. The summed E-state index contributed by atoms with van der Waals surface area (Å²) in [6.45, 7) is 31.6. The van der Waals surface area contributed by atoms with E-state index in [-0.39, 0.29) is 73.1 Å². The number of benzene rings is 10. The van der Waals surface area contributed by atoms with Gasteiger partial charge >= 0.3 is 6.18 Å². The van der Waals surface area contributed by atoms with Crippen LogP contribution < -0.4 is 0 Å². The molecule has 0 aliphatic carbocycles. The number of halogens is 3. The number of aromatic nitrogens is 2. The van der Waals surface area contributed by atoms with Crippen LogP contribution >= 0.6 is 0 Å². The number of rotatable bonds is 7. The van der Waals surface area contributed by atoms with E-state index in [4.69, 9.17) is 26.3 Å². The summed E-state index contributed by atoms with van der Waals surface area (Å²) in [7, 11) is 0. The van der Waals surface area contributed by atoms with Gasteiger partial charge in [-0.2, -0.15) is 39.5 Å². The minimum atomic E-state index is -4.95. The number of alkyl halides is 3. The van der Waals surface area contributed by atoms with Gasteiger partial charge in [0.25, 0.3) is 0 Å². The van der Waals surface area contributed by atoms with E-state index < -0.39 is 11.7 Å². The van der Waals surface area contributed by atoms with E-state index in [0.29, 0.717) is 88.1 Å². The van der Waals surface area contributed by atoms with Gasteiger partial charge in [-0.15, -0.1) is 0 Å². The highest BCUT2D eigenvalue weighted by Gasteiger charge is 2.36. The first kappa shape index (κ1) is 51.7. The Morgan fingerprint density at radius 2 is 0.762 bits per heavy atom. The van der Waals surface area contributed by atoms with Gasteiger partial charge in [0.2, 0.25) is 0 Å². The van der Waals surface area contributed by atoms with Crippen LogP contribution in [0, 0.1) is 82.9 Å². The molecule has 11 nitrogen and oxygen atoms in total. The lowest BCUT2D eigenvalue weighted by Crippen LogP contribution is -2.11. The maximum atomic E-state index is 16.1. The van der Waals surface area contributed by atoms with Crippen molar-refractivity contribution < 1.29 is 13.2 Å². The summed E-state index contributed by atoms with van der Waals surface area (Å²) in [6, 6.07) is 59.9. The minimum absolute atomic E-state index is 0.0184. The molecule has 0 radical (unpaired) electrons. The average molecular weight is 1080 g/mol. The Balaban J connectivity index is 1.29. The fourth-order valence-corrected chi connectivity index (χ4v) is 11.2. The summed E-state index contributed by atoms with van der Waals surface area (Å²) in [5.41, 5.74) is 6.58. The molecule has 2 aromatic heterocycles. The summed E-state index contributed by atoms with van der Waals surface area (Å²) in [5.74, 6) is 0. The first-order valence-electron chi connectivity index (χ1n) is 25.5. The van der Waals surface area contributed by atoms with Crippen molar-refractivity contribution >= 4 is 66.4 Å². The molecule has 2 heterocycles. The van der Waals surface area contributed by atoms with Crippen LogP contribution in [-0.2, 0) is 6.18 Å². The number of fused-ring (bicyclic) bond motifs is 6. The number of hydrogen-bond donors (Lipinski definition) is 0. The second-order valence-corrected chi connectivity index (χ2v) is 19.5. The topological polar surface area (TPSA) is 146 Å². The summed E-state index contributed by atoms with van der Waals surface area (Å²) in [4.78, 5) is 14.6. The third-order valence-corrected chi connectivity index (χ3v) is 15.0. The number of nitrogens with zero attached hydrogens (tertiary/aromatic N) is 11. The first-order chi connectivity index (χ1) is 40.8. The molecule has 0 aliphatic heterocycles. The molecule has 386 valence electrons. The van der Waals surface area contributed by atoms with E-state index in [1.165, 1.54) is 54.6 Å². The van der Waals surface area contributed by atoms with Gasteiger partial charge < -0.3 is 9.13 Å². The number of nitriles is 5. The Bertz CT molecular complexity index is 4760. The Morgan fingerprint density at radius 3 is 1.21 bits per heavy atom. The zero-order chi connectivity index (χ0) is 58.6. The molecular weight excluding hydrogens is 1050 g/mol. The van der Waals surface area contributed by atoms with Gasteiger partial charge in [0.15, 0.2) is 22.7 Å². The minimum Gasteiger partial charge on any atom is -0.308 e. The molecule has 84 heavy (non-hydrogen) atoms. The van der Waals surface area contributed by atoms with Crippen molar-refractivity contribution in [3.8, 4) is 97.4 Å². The maximum Gasteiger partial charge on any atom is 0.417 e. The maximum absolute atomic E-state index is 16.1. The molecule has 0 aliphatic rings. The molecule has 14 heteroatoms. The molecular formula is C70H30F3N11. The van der Waals surface area contributed by atoms with Crippen LogP contribution in [0.15, 0.2) is 182 Å². The van der Waals surface area contributed by atoms with Crippen molar-refractivity contribution in [1.82, 2.24) is 9.13 Å². The van der Waals surface area contributed by atoms with Gasteiger partial charge in [0.05, 0.1) is 112 Å². The lowest BCUT2D eigenvalue weighted by Gasteiger charge is -2.23. The van der Waals surface area contributed by atoms with Crippen molar-refractivity contribution in [3.63, 3.8) is 0 Å². The fraction of sp³-hybridized carbons (Fsp3) is 0.0143. The lowest BCUT2D eigenvalue weighted by atomic mass is 9.93. The van der Waals surface area contributed by atoms with Gasteiger partial charge in [0, 0.05) is 38.2 Å². The second-order valence-electron chi connectivity index (χ2n) is 19.5. The van der Waals surface area contributed by atoms with Crippen LogP contribution in [0.3, 0.4) is 0 Å². The van der Waals surface area contributed by atoms with E-state index in [9.17, 15) is 26.3 Å². The second kappa shape index (κ2) is 20.3.